The van der Waals surface area contributed by atoms with Gasteiger partial charge in [0, 0.05) is 9.13 Å². The number of carbonyl (C=O) groups excluding carboxylic acids is 1. The second kappa shape index (κ2) is 6.21. The van der Waals surface area contributed by atoms with Gasteiger partial charge in [-0.3, -0.25) is 4.79 Å². The van der Waals surface area contributed by atoms with Crippen LogP contribution in [-0.2, 0) is 0 Å². The van der Waals surface area contributed by atoms with Crippen LogP contribution >= 0.6 is 22.6 Å². The molecule has 2 N–H and O–H groups in total. The number of halogens is 2. The minimum atomic E-state index is -1.13. The number of aryl methyl sites for hydroxylation is 1. The Morgan fingerprint density at radius 2 is 1.90 bits per heavy atom. The second-order valence-corrected chi connectivity index (χ2v) is 5.66. The quantitative estimate of drug-likeness (QED) is 0.774. The van der Waals surface area contributed by atoms with Gasteiger partial charge < -0.3 is 10.4 Å². The first-order valence-corrected chi connectivity index (χ1v) is 7.06. The van der Waals surface area contributed by atoms with Crippen LogP contribution in [0.4, 0.5) is 10.1 Å². The summed E-state index contributed by atoms with van der Waals surface area (Å²) in [6.07, 6.45) is 0. The molecule has 0 spiro atoms. The van der Waals surface area contributed by atoms with E-state index in [9.17, 15) is 14.0 Å². The van der Waals surface area contributed by atoms with Gasteiger partial charge in [-0.2, -0.15) is 0 Å². The number of aromatic carboxylic acids is 1. The summed E-state index contributed by atoms with van der Waals surface area (Å²) in [5, 5.41) is 11.7. The topological polar surface area (TPSA) is 66.4 Å². The van der Waals surface area contributed by atoms with Crippen molar-refractivity contribution in [2.75, 3.05) is 5.32 Å². The van der Waals surface area contributed by atoms with E-state index < -0.39 is 17.7 Å². The summed E-state index contributed by atoms with van der Waals surface area (Å²) in [6.45, 7) is 1.56. The smallest absolute Gasteiger partial charge is 0.337 e. The van der Waals surface area contributed by atoms with Gasteiger partial charge in [0.2, 0.25) is 0 Å². The number of anilines is 1. The molecule has 0 atom stereocenters. The largest absolute Gasteiger partial charge is 0.478 e. The Labute approximate surface area is 134 Å². The molecule has 0 aromatic heterocycles. The minimum Gasteiger partial charge on any atom is -0.478 e. The van der Waals surface area contributed by atoms with E-state index in [0.29, 0.717) is 5.56 Å². The van der Waals surface area contributed by atoms with Gasteiger partial charge in [0.1, 0.15) is 5.82 Å². The van der Waals surface area contributed by atoms with Gasteiger partial charge in [-0.25, -0.2) is 9.18 Å². The standard InChI is InChI=1S/C15H11FINO3/c1-8-6-9(2-4-12(8)16)14(19)18-13-5-3-10(17)7-11(13)15(20)21/h2-7H,1H3,(H,18,19)(H,20,21). The van der Waals surface area contributed by atoms with E-state index in [0.717, 1.165) is 3.57 Å². The maximum atomic E-state index is 13.2. The Morgan fingerprint density at radius 1 is 1.19 bits per heavy atom. The number of amides is 1. The van der Waals surface area contributed by atoms with Gasteiger partial charge in [-0.1, -0.05) is 0 Å². The zero-order valence-corrected chi connectivity index (χ0v) is 13.1. The van der Waals surface area contributed by atoms with Crippen molar-refractivity contribution >= 4 is 40.2 Å². The molecule has 0 bridgehead atoms. The predicted octanol–water partition coefficient (Wildman–Crippen LogP) is 3.69. The Hall–Kier alpha value is -1.96. The summed E-state index contributed by atoms with van der Waals surface area (Å²) >= 11 is 1.99. The molecule has 21 heavy (non-hydrogen) atoms. The molecule has 4 nitrogen and oxygen atoms in total. The van der Waals surface area contributed by atoms with Crippen molar-refractivity contribution in [2.45, 2.75) is 6.92 Å². The van der Waals surface area contributed by atoms with Crippen LogP contribution in [0.15, 0.2) is 36.4 Å². The van der Waals surface area contributed by atoms with Crippen LogP contribution in [-0.4, -0.2) is 17.0 Å². The third-order valence-corrected chi connectivity index (χ3v) is 3.55. The number of carbonyl (C=O) groups is 2. The first kappa shape index (κ1) is 15.4. The average molecular weight is 399 g/mol. The highest BCUT2D eigenvalue weighted by Gasteiger charge is 2.14. The van der Waals surface area contributed by atoms with Crippen LogP contribution in [0.5, 0.6) is 0 Å². The lowest BCUT2D eigenvalue weighted by Gasteiger charge is -2.09. The number of nitrogens with one attached hydrogen (secondary N) is 1. The Bertz CT molecular complexity index is 731. The molecule has 2 aromatic rings. The van der Waals surface area contributed by atoms with Crippen molar-refractivity contribution in [1.82, 2.24) is 0 Å². The number of carboxylic acid groups (broad SMARTS) is 1. The maximum absolute atomic E-state index is 13.2. The summed E-state index contributed by atoms with van der Waals surface area (Å²) in [5.41, 5.74) is 0.830. The highest BCUT2D eigenvalue weighted by molar-refractivity contribution is 14.1. The number of hydrogen-bond donors (Lipinski definition) is 2. The highest BCUT2D eigenvalue weighted by Crippen LogP contribution is 2.20. The first-order valence-electron chi connectivity index (χ1n) is 5.99. The molecule has 1 amide bonds. The fourth-order valence-corrected chi connectivity index (χ4v) is 2.27. The fourth-order valence-electron chi connectivity index (χ4n) is 1.78. The number of rotatable bonds is 3. The molecule has 2 aromatic carbocycles. The van der Waals surface area contributed by atoms with E-state index in [1.54, 1.807) is 13.0 Å². The van der Waals surface area contributed by atoms with E-state index >= 15 is 0 Å². The van der Waals surface area contributed by atoms with Gasteiger partial charge in [-0.05, 0) is 71.5 Å². The Morgan fingerprint density at radius 3 is 2.52 bits per heavy atom. The molecule has 0 saturated heterocycles. The van der Waals surface area contributed by atoms with Gasteiger partial charge in [0.15, 0.2) is 0 Å². The van der Waals surface area contributed by atoms with Crippen molar-refractivity contribution in [3.63, 3.8) is 0 Å². The monoisotopic (exact) mass is 399 g/mol. The van der Waals surface area contributed by atoms with Crippen molar-refractivity contribution in [2.24, 2.45) is 0 Å². The molecule has 0 aliphatic carbocycles. The van der Waals surface area contributed by atoms with Crippen LogP contribution in [0.2, 0.25) is 0 Å². The van der Waals surface area contributed by atoms with Crippen molar-refractivity contribution < 1.29 is 19.1 Å². The van der Waals surface area contributed by atoms with E-state index in [2.05, 4.69) is 5.32 Å². The molecule has 0 aliphatic heterocycles. The van der Waals surface area contributed by atoms with Crippen LogP contribution in [0.25, 0.3) is 0 Å². The molecule has 0 saturated carbocycles. The molecule has 0 fully saturated rings. The molecule has 0 radical (unpaired) electrons. The SMILES string of the molecule is Cc1cc(C(=O)Nc2ccc(I)cc2C(=O)O)ccc1F. The Kier molecular flexibility index (Phi) is 4.56. The van der Waals surface area contributed by atoms with Gasteiger partial charge >= 0.3 is 5.97 Å². The zero-order valence-electron chi connectivity index (χ0n) is 11.0. The van der Waals surface area contributed by atoms with E-state index in [4.69, 9.17) is 5.11 Å². The van der Waals surface area contributed by atoms with E-state index in [-0.39, 0.29) is 16.8 Å². The maximum Gasteiger partial charge on any atom is 0.337 e. The third-order valence-electron chi connectivity index (χ3n) is 2.88. The Balaban J connectivity index is 2.31. The normalized spacial score (nSPS) is 10.2. The van der Waals surface area contributed by atoms with E-state index in [1.807, 2.05) is 22.6 Å². The minimum absolute atomic E-state index is 0.00841. The molecular weight excluding hydrogens is 388 g/mol. The fraction of sp³-hybridized carbons (Fsp3) is 0.0667. The lowest BCUT2D eigenvalue weighted by atomic mass is 10.1. The van der Waals surface area contributed by atoms with Crippen LogP contribution in [0, 0.1) is 16.3 Å². The predicted molar refractivity (Wildman–Crippen MR) is 85.2 cm³/mol. The van der Waals surface area contributed by atoms with Crippen LogP contribution in [0.1, 0.15) is 26.3 Å². The van der Waals surface area contributed by atoms with E-state index in [1.165, 1.54) is 30.3 Å². The van der Waals surface area contributed by atoms with Gasteiger partial charge in [-0.15, -0.1) is 0 Å². The third kappa shape index (κ3) is 3.57. The van der Waals surface area contributed by atoms with Crippen LogP contribution in [0.3, 0.4) is 0 Å². The second-order valence-electron chi connectivity index (χ2n) is 4.41. The molecular formula is C15H11FINO3. The highest BCUT2D eigenvalue weighted by atomic mass is 127. The summed E-state index contributed by atoms with van der Waals surface area (Å²) in [4.78, 5) is 23.3. The summed E-state index contributed by atoms with van der Waals surface area (Å²) < 4.78 is 13.9. The number of carboxylic acids is 1. The lowest BCUT2D eigenvalue weighted by molar-refractivity contribution is 0.0698. The van der Waals surface area contributed by atoms with Gasteiger partial charge in [0.25, 0.3) is 5.91 Å². The number of hydrogen-bond acceptors (Lipinski definition) is 2. The average Bonchev–Trinajstić information content (AvgIpc) is 2.43. The molecule has 0 heterocycles. The molecule has 0 unspecified atom stereocenters. The molecule has 0 aliphatic rings. The lowest BCUT2D eigenvalue weighted by Crippen LogP contribution is -2.15. The van der Waals surface area contributed by atoms with Crippen molar-refractivity contribution in [3.05, 3.63) is 62.5 Å². The van der Waals surface area contributed by atoms with Crippen molar-refractivity contribution in [3.8, 4) is 0 Å². The molecule has 6 heteroatoms. The molecule has 108 valence electrons. The first-order chi connectivity index (χ1) is 9.88. The summed E-state index contributed by atoms with van der Waals surface area (Å²) in [7, 11) is 0. The van der Waals surface area contributed by atoms with Crippen molar-refractivity contribution in [1.29, 1.82) is 0 Å². The molecule has 2 rings (SSSR count). The summed E-state index contributed by atoms with van der Waals surface area (Å²) in [6, 6.07) is 8.66. The van der Waals surface area contributed by atoms with Crippen LogP contribution < -0.4 is 5.32 Å². The zero-order chi connectivity index (χ0) is 15.6. The number of benzene rings is 2. The summed E-state index contributed by atoms with van der Waals surface area (Å²) in [5.74, 6) is -2.01. The van der Waals surface area contributed by atoms with Gasteiger partial charge in [0.05, 0.1) is 11.3 Å².